The van der Waals surface area contributed by atoms with Gasteiger partial charge in [-0.05, 0) is 23.1 Å². The Hall–Kier alpha value is -3.22. The number of nitrogens with zero attached hydrogens (tertiary/aromatic N) is 1. The molecule has 2 amide bonds. The van der Waals surface area contributed by atoms with Gasteiger partial charge in [-0.3, -0.25) is 19.7 Å². The molecule has 1 unspecified atom stereocenters. The van der Waals surface area contributed by atoms with E-state index in [9.17, 15) is 19.7 Å². The van der Waals surface area contributed by atoms with Crippen LogP contribution in [0.4, 0.5) is 5.69 Å². The molecule has 24 heavy (non-hydrogen) atoms. The maximum Gasteiger partial charge on any atom is 0.270 e. The van der Waals surface area contributed by atoms with Gasteiger partial charge in [0.15, 0.2) is 0 Å². The smallest absolute Gasteiger partial charge is 0.270 e. The van der Waals surface area contributed by atoms with E-state index in [1.807, 2.05) is 0 Å². The van der Waals surface area contributed by atoms with Crippen LogP contribution in [0.25, 0.3) is 11.1 Å². The summed E-state index contributed by atoms with van der Waals surface area (Å²) >= 11 is 0. The van der Waals surface area contributed by atoms with Crippen LogP contribution in [0.2, 0.25) is 0 Å². The number of non-ortho nitro benzene ring substituents is 1. The van der Waals surface area contributed by atoms with E-state index in [0.717, 1.165) is 16.7 Å². The van der Waals surface area contributed by atoms with Gasteiger partial charge < -0.3 is 11.5 Å². The third-order valence-corrected chi connectivity index (χ3v) is 3.68. The summed E-state index contributed by atoms with van der Waals surface area (Å²) in [6.07, 6.45) is 0.218. The summed E-state index contributed by atoms with van der Waals surface area (Å²) in [6.45, 7) is 0. The average molecular weight is 327 g/mol. The number of carbonyl (C=O) groups is 2. The van der Waals surface area contributed by atoms with Crippen molar-refractivity contribution in [3.05, 3.63) is 64.2 Å². The summed E-state index contributed by atoms with van der Waals surface area (Å²) in [7, 11) is 0. The number of hydrogen-bond donors (Lipinski definition) is 2. The largest absolute Gasteiger partial charge is 0.370 e. The highest BCUT2D eigenvalue weighted by Gasteiger charge is 2.18. The number of primary amides is 2. The summed E-state index contributed by atoms with van der Waals surface area (Å²) in [5.41, 5.74) is 12.8. The summed E-state index contributed by atoms with van der Waals surface area (Å²) in [6, 6.07) is 13.5. The number of amides is 2. The number of benzene rings is 2. The van der Waals surface area contributed by atoms with E-state index in [4.69, 9.17) is 11.5 Å². The van der Waals surface area contributed by atoms with Crippen molar-refractivity contribution in [2.45, 2.75) is 12.8 Å². The minimum absolute atomic E-state index is 0.0202. The average Bonchev–Trinajstić information content (AvgIpc) is 2.54. The number of carbonyl (C=O) groups excluding carboxylic acids is 2. The zero-order valence-electron chi connectivity index (χ0n) is 12.8. The van der Waals surface area contributed by atoms with Crippen LogP contribution < -0.4 is 11.5 Å². The highest BCUT2D eigenvalue weighted by molar-refractivity contribution is 5.84. The van der Waals surface area contributed by atoms with Gasteiger partial charge in [-0.25, -0.2) is 0 Å². The monoisotopic (exact) mass is 327 g/mol. The lowest BCUT2D eigenvalue weighted by molar-refractivity contribution is -0.384. The van der Waals surface area contributed by atoms with Gasteiger partial charge in [0, 0.05) is 18.6 Å². The second-order valence-corrected chi connectivity index (χ2v) is 5.48. The van der Waals surface area contributed by atoms with Gasteiger partial charge >= 0.3 is 0 Å². The van der Waals surface area contributed by atoms with Gasteiger partial charge in [-0.2, -0.15) is 0 Å². The molecule has 0 radical (unpaired) electrons. The van der Waals surface area contributed by atoms with E-state index in [2.05, 4.69) is 0 Å². The number of nitro benzene ring substituents is 1. The molecule has 4 N–H and O–H groups in total. The first kappa shape index (κ1) is 17.1. The normalized spacial score (nSPS) is 11.7. The van der Waals surface area contributed by atoms with Crippen molar-refractivity contribution >= 4 is 17.5 Å². The highest BCUT2D eigenvalue weighted by Crippen LogP contribution is 2.24. The topological polar surface area (TPSA) is 129 Å². The first-order valence-electron chi connectivity index (χ1n) is 7.28. The van der Waals surface area contributed by atoms with E-state index in [1.165, 1.54) is 12.1 Å². The van der Waals surface area contributed by atoms with Crippen LogP contribution in [0.15, 0.2) is 48.5 Å². The number of nitro groups is 1. The van der Waals surface area contributed by atoms with Gasteiger partial charge in [-0.1, -0.05) is 36.4 Å². The molecule has 0 aliphatic rings. The lowest BCUT2D eigenvalue weighted by Gasteiger charge is -2.12. The third-order valence-electron chi connectivity index (χ3n) is 3.68. The maximum absolute atomic E-state index is 11.4. The minimum Gasteiger partial charge on any atom is -0.370 e. The highest BCUT2D eigenvalue weighted by atomic mass is 16.6. The van der Waals surface area contributed by atoms with Crippen LogP contribution in [0.3, 0.4) is 0 Å². The van der Waals surface area contributed by atoms with Crippen LogP contribution in [-0.4, -0.2) is 16.7 Å². The molecule has 124 valence electrons. The molecule has 2 rings (SSSR count). The molecule has 1 atom stereocenters. The van der Waals surface area contributed by atoms with E-state index < -0.39 is 22.7 Å². The molecular weight excluding hydrogens is 310 g/mol. The molecule has 0 saturated heterocycles. The van der Waals surface area contributed by atoms with Crippen molar-refractivity contribution in [2.75, 3.05) is 0 Å². The fourth-order valence-electron chi connectivity index (χ4n) is 2.43. The van der Waals surface area contributed by atoms with Crippen molar-refractivity contribution < 1.29 is 14.5 Å². The quantitative estimate of drug-likeness (QED) is 0.593. The Bertz CT molecular complexity index is 772. The second kappa shape index (κ2) is 7.36. The fourth-order valence-corrected chi connectivity index (χ4v) is 2.43. The number of nitrogens with two attached hydrogens (primary N) is 2. The number of rotatable bonds is 7. The molecule has 2 aromatic rings. The predicted octanol–water partition coefficient (Wildman–Crippen LogP) is 1.78. The van der Waals surface area contributed by atoms with Crippen LogP contribution in [0, 0.1) is 16.0 Å². The predicted molar refractivity (Wildman–Crippen MR) is 88.7 cm³/mol. The molecule has 0 aliphatic heterocycles. The summed E-state index contributed by atoms with van der Waals surface area (Å²) in [4.78, 5) is 32.8. The van der Waals surface area contributed by atoms with Gasteiger partial charge in [0.2, 0.25) is 11.8 Å². The standard InChI is InChI=1S/C17H17N3O4/c18-16(21)10-14(17(19)22)8-11-4-6-12(7-5-11)13-2-1-3-15(9-13)20(23)24/h1-7,9,14H,8,10H2,(H2,18,21)(H2,19,22). The molecule has 0 fully saturated rings. The first-order chi connectivity index (χ1) is 11.4. The summed E-state index contributed by atoms with van der Waals surface area (Å²) < 4.78 is 0. The summed E-state index contributed by atoms with van der Waals surface area (Å²) in [5, 5.41) is 10.8. The Balaban J connectivity index is 2.18. The van der Waals surface area contributed by atoms with Gasteiger partial charge in [0.25, 0.3) is 5.69 Å². The van der Waals surface area contributed by atoms with E-state index in [-0.39, 0.29) is 12.1 Å². The molecule has 7 heteroatoms. The van der Waals surface area contributed by atoms with Gasteiger partial charge in [0.1, 0.15) is 0 Å². The Morgan fingerprint density at radius 3 is 2.25 bits per heavy atom. The van der Waals surface area contributed by atoms with Crippen molar-refractivity contribution in [3.63, 3.8) is 0 Å². The third kappa shape index (κ3) is 4.39. The maximum atomic E-state index is 11.4. The van der Waals surface area contributed by atoms with Crippen LogP contribution in [0.5, 0.6) is 0 Å². The molecule has 0 bridgehead atoms. The van der Waals surface area contributed by atoms with Gasteiger partial charge in [-0.15, -0.1) is 0 Å². The Morgan fingerprint density at radius 2 is 1.71 bits per heavy atom. The second-order valence-electron chi connectivity index (χ2n) is 5.48. The Labute approximate surface area is 138 Å². The van der Waals surface area contributed by atoms with Crippen molar-refractivity contribution in [2.24, 2.45) is 17.4 Å². The van der Waals surface area contributed by atoms with Crippen LogP contribution in [0.1, 0.15) is 12.0 Å². The van der Waals surface area contributed by atoms with E-state index in [0.29, 0.717) is 6.42 Å². The van der Waals surface area contributed by atoms with Crippen LogP contribution in [-0.2, 0) is 16.0 Å². The van der Waals surface area contributed by atoms with Crippen molar-refractivity contribution in [1.29, 1.82) is 0 Å². The first-order valence-corrected chi connectivity index (χ1v) is 7.28. The molecule has 0 aromatic heterocycles. The molecule has 0 spiro atoms. The fraction of sp³-hybridized carbons (Fsp3) is 0.176. The molecule has 0 saturated carbocycles. The Morgan fingerprint density at radius 1 is 1.04 bits per heavy atom. The molecule has 2 aromatic carbocycles. The lowest BCUT2D eigenvalue weighted by Crippen LogP contribution is -2.29. The van der Waals surface area contributed by atoms with Crippen molar-refractivity contribution in [3.8, 4) is 11.1 Å². The zero-order valence-corrected chi connectivity index (χ0v) is 12.8. The molecule has 0 heterocycles. The van der Waals surface area contributed by atoms with E-state index in [1.54, 1.807) is 36.4 Å². The molecule has 0 aliphatic carbocycles. The summed E-state index contributed by atoms with van der Waals surface area (Å²) in [5.74, 6) is -1.80. The minimum atomic E-state index is -0.647. The van der Waals surface area contributed by atoms with Crippen molar-refractivity contribution in [1.82, 2.24) is 0 Å². The van der Waals surface area contributed by atoms with Gasteiger partial charge in [0.05, 0.1) is 10.8 Å². The molecular formula is C17H17N3O4. The Kier molecular flexibility index (Phi) is 5.26. The SMILES string of the molecule is NC(=O)CC(Cc1ccc(-c2cccc([N+](=O)[O-])c2)cc1)C(N)=O. The molecule has 7 nitrogen and oxygen atoms in total. The lowest BCUT2D eigenvalue weighted by atomic mass is 9.94. The van der Waals surface area contributed by atoms with Crippen LogP contribution >= 0.6 is 0 Å². The number of hydrogen-bond acceptors (Lipinski definition) is 4. The zero-order chi connectivity index (χ0) is 17.7. The van der Waals surface area contributed by atoms with E-state index >= 15 is 0 Å².